The summed E-state index contributed by atoms with van der Waals surface area (Å²) in [6.07, 6.45) is 1.29. The van der Waals surface area contributed by atoms with E-state index in [2.05, 4.69) is 5.32 Å². The van der Waals surface area contributed by atoms with Crippen LogP contribution in [0.15, 0.2) is 77.7 Å². The summed E-state index contributed by atoms with van der Waals surface area (Å²) in [5.41, 5.74) is 4.00. The molecule has 40 heavy (non-hydrogen) atoms. The molecular weight excluding hydrogens is 522 g/mol. The molecule has 3 aromatic carbocycles. The van der Waals surface area contributed by atoms with Gasteiger partial charge in [0.15, 0.2) is 0 Å². The number of carbonyl (C=O) groups is 2. The Labute approximate surface area is 239 Å². The van der Waals surface area contributed by atoms with Gasteiger partial charge in [-0.05, 0) is 82.3 Å². The van der Waals surface area contributed by atoms with Crippen LogP contribution in [0.2, 0.25) is 0 Å². The first-order valence-corrected chi connectivity index (χ1v) is 15.2. The summed E-state index contributed by atoms with van der Waals surface area (Å²) < 4.78 is 29.2. The number of benzene rings is 3. The van der Waals surface area contributed by atoms with Gasteiger partial charge in [-0.25, -0.2) is 8.42 Å². The van der Waals surface area contributed by atoms with Gasteiger partial charge in [-0.2, -0.15) is 0 Å². The van der Waals surface area contributed by atoms with Crippen LogP contribution in [-0.2, 0) is 26.0 Å². The molecule has 0 radical (unpaired) electrons. The van der Waals surface area contributed by atoms with E-state index in [4.69, 9.17) is 0 Å². The van der Waals surface area contributed by atoms with Crippen molar-refractivity contribution in [2.75, 3.05) is 17.4 Å². The highest BCUT2D eigenvalue weighted by atomic mass is 32.2. The summed E-state index contributed by atoms with van der Waals surface area (Å²) in [6.45, 7) is 11.0. The molecule has 0 spiro atoms. The fraction of sp³-hybridized carbons (Fsp3) is 0.375. The van der Waals surface area contributed by atoms with E-state index in [1.165, 1.54) is 9.21 Å². The molecule has 7 nitrogen and oxygen atoms in total. The Balaban J connectivity index is 2.01. The third-order valence-corrected chi connectivity index (χ3v) is 8.95. The average molecular weight is 564 g/mol. The van der Waals surface area contributed by atoms with Crippen molar-refractivity contribution in [3.8, 4) is 0 Å². The van der Waals surface area contributed by atoms with E-state index in [-0.39, 0.29) is 23.4 Å². The van der Waals surface area contributed by atoms with E-state index in [0.29, 0.717) is 12.1 Å². The molecule has 1 N–H and O–H groups in total. The van der Waals surface area contributed by atoms with Gasteiger partial charge in [0, 0.05) is 12.6 Å². The lowest BCUT2D eigenvalue weighted by Gasteiger charge is -2.33. The Hall–Kier alpha value is -3.65. The van der Waals surface area contributed by atoms with Gasteiger partial charge in [-0.3, -0.25) is 13.9 Å². The average Bonchev–Trinajstić information content (AvgIpc) is 2.93. The molecule has 0 aliphatic heterocycles. The van der Waals surface area contributed by atoms with Gasteiger partial charge < -0.3 is 10.2 Å². The predicted molar refractivity (Wildman–Crippen MR) is 161 cm³/mol. The summed E-state index contributed by atoms with van der Waals surface area (Å²) in [5, 5.41) is 2.96. The van der Waals surface area contributed by atoms with Crippen molar-refractivity contribution in [3.05, 3.63) is 95.1 Å². The Kier molecular flexibility index (Phi) is 10.5. The highest BCUT2D eigenvalue weighted by Gasteiger charge is 2.33. The molecule has 0 heterocycles. The smallest absolute Gasteiger partial charge is 0.264 e. The molecule has 0 bridgehead atoms. The summed E-state index contributed by atoms with van der Waals surface area (Å²) in [4.78, 5) is 28.8. The number of amides is 2. The van der Waals surface area contributed by atoms with E-state index < -0.39 is 28.5 Å². The third-order valence-electron chi connectivity index (χ3n) is 7.17. The number of hydrogen-bond donors (Lipinski definition) is 1. The van der Waals surface area contributed by atoms with Crippen LogP contribution in [0.1, 0.15) is 49.4 Å². The van der Waals surface area contributed by atoms with Crippen LogP contribution >= 0.6 is 0 Å². The lowest BCUT2D eigenvalue weighted by Crippen LogP contribution is -2.53. The van der Waals surface area contributed by atoms with E-state index in [1.807, 2.05) is 77.1 Å². The van der Waals surface area contributed by atoms with Crippen molar-refractivity contribution in [1.29, 1.82) is 0 Å². The van der Waals surface area contributed by atoms with Gasteiger partial charge in [0.25, 0.3) is 10.0 Å². The zero-order valence-electron chi connectivity index (χ0n) is 24.3. The van der Waals surface area contributed by atoms with Crippen LogP contribution in [-0.4, -0.2) is 50.3 Å². The zero-order valence-corrected chi connectivity index (χ0v) is 25.2. The molecule has 0 aliphatic rings. The topological polar surface area (TPSA) is 86.8 Å². The minimum atomic E-state index is -4.09. The maximum absolute atomic E-state index is 14.0. The first-order valence-electron chi connectivity index (χ1n) is 13.7. The normalized spacial score (nSPS) is 12.8. The quantitative estimate of drug-likeness (QED) is 0.329. The van der Waals surface area contributed by atoms with Crippen LogP contribution in [0.5, 0.6) is 0 Å². The fourth-order valence-corrected chi connectivity index (χ4v) is 5.85. The van der Waals surface area contributed by atoms with Crippen LogP contribution in [0.4, 0.5) is 5.69 Å². The number of nitrogens with zero attached hydrogens (tertiary/aromatic N) is 2. The van der Waals surface area contributed by atoms with Crippen molar-refractivity contribution >= 4 is 27.5 Å². The molecule has 0 saturated carbocycles. The number of rotatable bonds is 12. The Bertz CT molecular complexity index is 1410. The van der Waals surface area contributed by atoms with Crippen molar-refractivity contribution in [2.45, 2.75) is 71.4 Å². The summed E-state index contributed by atoms with van der Waals surface area (Å²) in [7, 11) is -4.09. The Morgan fingerprint density at radius 1 is 0.875 bits per heavy atom. The first-order chi connectivity index (χ1) is 18.9. The summed E-state index contributed by atoms with van der Waals surface area (Å²) in [6, 6.07) is 21.0. The van der Waals surface area contributed by atoms with Crippen molar-refractivity contribution in [2.24, 2.45) is 0 Å². The second kappa shape index (κ2) is 13.6. The standard InChI is InChI=1S/C32H41N3O4S/c1-7-26(5)33-32(37)27(6)34(20-19-28-11-9-8-10-12-28)31(36)22-35(30-21-24(3)13-16-25(30)4)40(38,39)29-17-14-23(2)15-18-29/h8-18,21,26-27H,7,19-20,22H2,1-6H3,(H,33,37)/t26-,27+/m0/s1. The number of sulfonamides is 1. The van der Waals surface area contributed by atoms with Gasteiger partial charge in [0.1, 0.15) is 12.6 Å². The van der Waals surface area contributed by atoms with Gasteiger partial charge >= 0.3 is 0 Å². The molecule has 0 fully saturated rings. The minimum Gasteiger partial charge on any atom is -0.352 e. The summed E-state index contributed by atoms with van der Waals surface area (Å²) in [5.74, 6) is -0.713. The van der Waals surface area contributed by atoms with E-state index >= 15 is 0 Å². The van der Waals surface area contributed by atoms with E-state index in [1.54, 1.807) is 37.3 Å². The van der Waals surface area contributed by atoms with Crippen LogP contribution in [0.3, 0.4) is 0 Å². The number of anilines is 1. The monoisotopic (exact) mass is 563 g/mol. The van der Waals surface area contributed by atoms with Crippen molar-refractivity contribution in [1.82, 2.24) is 10.2 Å². The van der Waals surface area contributed by atoms with Crippen LogP contribution < -0.4 is 9.62 Å². The second-order valence-corrected chi connectivity index (χ2v) is 12.3. The lowest BCUT2D eigenvalue weighted by molar-refractivity contribution is -0.139. The molecule has 2 atom stereocenters. The number of aryl methyl sites for hydroxylation is 3. The highest BCUT2D eigenvalue weighted by Crippen LogP contribution is 2.28. The van der Waals surface area contributed by atoms with Gasteiger partial charge in [-0.15, -0.1) is 0 Å². The van der Waals surface area contributed by atoms with Gasteiger partial charge in [0.2, 0.25) is 11.8 Å². The highest BCUT2D eigenvalue weighted by molar-refractivity contribution is 7.92. The molecule has 0 aromatic heterocycles. The molecule has 0 saturated heterocycles. The van der Waals surface area contributed by atoms with Crippen LogP contribution in [0, 0.1) is 20.8 Å². The maximum atomic E-state index is 14.0. The molecule has 3 aromatic rings. The Morgan fingerprint density at radius 3 is 2.12 bits per heavy atom. The van der Waals surface area contributed by atoms with Crippen molar-refractivity contribution < 1.29 is 18.0 Å². The number of carbonyl (C=O) groups excluding carboxylic acids is 2. The van der Waals surface area contributed by atoms with Crippen molar-refractivity contribution in [3.63, 3.8) is 0 Å². The van der Waals surface area contributed by atoms with E-state index in [9.17, 15) is 18.0 Å². The van der Waals surface area contributed by atoms with E-state index in [0.717, 1.165) is 28.7 Å². The van der Waals surface area contributed by atoms with Gasteiger partial charge in [0.05, 0.1) is 10.6 Å². The second-order valence-electron chi connectivity index (χ2n) is 10.4. The fourth-order valence-electron chi connectivity index (χ4n) is 4.37. The number of hydrogen-bond acceptors (Lipinski definition) is 4. The maximum Gasteiger partial charge on any atom is 0.264 e. The first kappa shape index (κ1) is 30.9. The molecule has 0 aliphatic carbocycles. The SMILES string of the molecule is CC[C@H](C)NC(=O)[C@@H](C)N(CCc1ccccc1)C(=O)CN(c1cc(C)ccc1C)S(=O)(=O)c1ccc(C)cc1. The number of nitrogens with one attached hydrogen (secondary N) is 1. The molecule has 2 amide bonds. The molecule has 8 heteroatoms. The largest absolute Gasteiger partial charge is 0.352 e. The minimum absolute atomic E-state index is 0.0469. The summed E-state index contributed by atoms with van der Waals surface area (Å²) >= 11 is 0. The Morgan fingerprint density at radius 2 is 1.50 bits per heavy atom. The van der Waals surface area contributed by atoms with Gasteiger partial charge in [-0.1, -0.05) is 67.1 Å². The molecule has 214 valence electrons. The predicted octanol–water partition coefficient (Wildman–Crippen LogP) is 5.18. The lowest BCUT2D eigenvalue weighted by atomic mass is 10.1. The third kappa shape index (κ3) is 7.72. The molecular formula is C32H41N3O4S. The zero-order chi connectivity index (χ0) is 29.4. The molecule has 3 rings (SSSR count). The van der Waals surface area contributed by atoms with Crippen LogP contribution in [0.25, 0.3) is 0 Å². The molecule has 0 unspecified atom stereocenters.